The van der Waals surface area contributed by atoms with Gasteiger partial charge in [0.15, 0.2) is 0 Å². The quantitative estimate of drug-likeness (QED) is 0.344. The SMILES string of the molecule is CN=C(NN)N1CCN(c2cccc(Cl)c2)CC1. The number of hydrogen-bond acceptors (Lipinski definition) is 3. The lowest BCUT2D eigenvalue weighted by atomic mass is 10.2. The molecule has 0 unspecified atom stereocenters. The number of rotatable bonds is 1. The number of piperazine rings is 1. The summed E-state index contributed by atoms with van der Waals surface area (Å²) in [6, 6.07) is 7.94. The highest BCUT2D eigenvalue weighted by atomic mass is 35.5. The first kappa shape index (κ1) is 13.0. The summed E-state index contributed by atoms with van der Waals surface area (Å²) in [6.45, 7) is 3.65. The van der Waals surface area contributed by atoms with Gasteiger partial charge in [-0.1, -0.05) is 17.7 Å². The molecule has 98 valence electrons. The molecule has 5 nitrogen and oxygen atoms in total. The van der Waals surface area contributed by atoms with E-state index >= 15 is 0 Å². The zero-order valence-corrected chi connectivity index (χ0v) is 11.2. The molecule has 0 spiro atoms. The maximum absolute atomic E-state index is 6.01. The maximum Gasteiger partial charge on any atom is 0.208 e. The molecule has 0 bridgehead atoms. The average Bonchev–Trinajstić information content (AvgIpc) is 2.41. The molecule has 1 aliphatic heterocycles. The van der Waals surface area contributed by atoms with Gasteiger partial charge in [-0.15, -0.1) is 0 Å². The lowest BCUT2D eigenvalue weighted by Gasteiger charge is -2.37. The van der Waals surface area contributed by atoms with Gasteiger partial charge in [-0.05, 0) is 18.2 Å². The minimum Gasteiger partial charge on any atom is -0.368 e. The number of anilines is 1. The maximum atomic E-state index is 6.01. The van der Waals surface area contributed by atoms with Gasteiger partial charge in [0, 0.05) is 43.9 Å². The standard InChI is InChI=1S/C12H18ClN5/c1-15-12(16-14)18-7-5-17(6-8-18)11-4-2-3-10(13)9-11/h2-4,9H,5-8,14H2,1H3,(H,15,16). The van der Waals surface area contributed by atoms with Crippen molar-refractivity contribution in [2.45, 2.75) is 0 Å². The Morgan fingerprint density at radius 2 is 2.06 bits per heavy atom. The number of nitrogens with two attached hydrogens (primary N) is 1. The summed E-state index contributed by atoms with van der Waals surface area (Å²) in [5.74, 6) is 6.16. The largest absolute Gasteiger partial charge is 0.368 e. The van der Waals surface area contributed by atoms with Crippen molar-refractivity contribution in [1.29, 1.82) is 0 Å². The molecule has 0 aliphatic carbocycles. The summed E-state index contributed by atoms with van der Waals surface area (Å²) in [5.41, 5.74) is 3.79. The zero-order valence-electron chi connectivity index (χ0n) is 10.4. The van der Waals surface area contributed by atoms with E-state index in [0.29, 0.717) is 0 Å². The minimum atomic E-state index is 0.737. The Balaban J connectivity index is 1.98. The fourth-order valence-corrected chi connectivity index (χ4v) is 2.33. The van der Waals surface area contributed by atoms with Crippen LogP contribution in [0.1, 0.15) is 0 Å². The van der Waals surface area contributed by atoms with Crippen LogP contribution in [0.3, 0.4) is 0 Å². The highest BCUT2D eigenvalue weighted by Crippen LogP contribution is 2.20. The van der Waals surface area contributed by atoms with Gasteiger partial charge in [0.25, 0.3) is 0 Å². The van der Waals surface area contributed by atoms with Crippen LogP contribution in [-0.2, 0) is 0 Å². The summed E-state index contributed by atoms with van der Waals surface area (Å²) in [7, 11) is 1.73. The van der Waals surface area contributed by atoms with E-state index in [4.69, 9.17) is 17.4 Å². The Bertz CT molecular complexity index is 426. The van der Waals surface area contributed by atoms with Crippen molar-refractivity contribution in [2.24, 2.45) is 10.8 Å². The van der Waals surface area contributed by atoms with E-state index in [1.807, 2.05) is 18.2 Å². The van der Waals surface area contributed by atoms with Gasteiger partial charge in [0.1, 0.15) is 0 Å². The average molecular weight is 268 g/mol. The molecule has 0 amide bonds. The Hall–Kier alpha value is -1.46. The minimum absolute atomic E-state index is 0.737. The summed E-state index contributed by atoms with van der Waals surface area (Å²) in [5, 5.41) is 0.773. The molecule has 0 saturated carbocycles. The monoisotopic (exact) mass is 267 g/mol. The van der Waals surface area contributed by atoms with Crippen LogP contribution >= 0.6 is 11.6 Å². The number of guanidine groups is 1. The van der Waals surface area contributed by atoms with E-state index < -0.39 is 0 Å². The second-order valence-electron chi connectivity index (χ2n) is 4.15. The molecule has 0 atom stereocenters. The highest BCUT2D eigenvalue weighted by Gasteiger charge is 2.19. The molecular weight excluding hydrogens is 250 g/mol. The lowest BCUT2D eigenvalue weighted by Crippen LogP contribution is -2.54. The van der Waals surface area contributed by atoms with Crippen molar-refractivity contribution in [3.8, 4) is 0 Å². The molecule has 1 fully saturated rings. The van der Waals surface area contributed by atoms with Crippen LogP contribution in [0.5, 0.6) is 0 Å². The molecule has 1 saturated heterocycles. The van der Waals surface area contributed by atoms with Crippen molar-refractivity contribution in [3.05, 3.63) is 29.3 Å². The van der Waals surface area contributed by atoms with Gasteiger partial charge < -0.3 is 9.80 Å². The molecule has 0 radical (unpaired) electrons. The Morgan fingerprint density at radius 1 is 1.33 bits per heavy atom. The van der Waals surface area contributed by atoms with Gasteiger partial charge in [0.05, 0.1) is 0 Å². The van der Waals surface area contributed by atoms with Gasteiger partial charge in [-0.25, -0.2) is 5.84 Å². The topological polar surface area (TPSA) is 56.9 Å². The number of nitrogens with zero attached hydrogens (tertiary/aromatic N) is 3. The van der Waals surface area contributed by atoms with Crippen molar-refractivity contribution in [3.63, 3.8) is 0 Å². The van der Waals surface area contributed by atoms with Crippen molar-refractivity contribution in [1.82, 2.24) is 10.3 Å². The summed E-state index contributed by atoms with van der Waals surface area (Å²) in [6.07, 6.45) is 0. The number of hydrogen-bond donors (Lipinski definition) is 2. The second-order valence-corrected chi connectivity index (χ2v) is 4.58. The summed E-state index contributed by atoms with van der Waals surface area (Å²) >= 11 is 6.01. The van der Waals surface area contributed by atoms with Crippen LogP contribution in [0.15, 0.2) is 29.3 Å². The van der Waals surface area contributed by atoms with Crippen LogP contribution in [0, 0.1) is 0 Å². The first-order valence-corrected chi connectivity index (χ1v) is 6.31. The van der Waals surface area contributed by atoms with Crippen LogP contribution < -0.4 is 16.2 Å². The van der Waals surface area contributed by atoms with E-state index in [9.17, 15) is 0 Å². The Labute approximate surface area is 112 Å². The molecule has 18 heavy (non-hydrogen) atoms. The molecule has 2 rings (SSSR count). The van der Waals surface area contributed by atoms with Crippen LogP contribution in [0.4, 0.5) is 5.69 Å². The lowest BCUT2D eigenvalue weighted by molar-refractivity contribution is 0.373. The normalized spacial score (nSPS) is 16.9. The number of benzene rings is 1. The first-order chi connectivity index (χ1) is 8.74. The van der Waals surface area contributed by atoms with E-state index in [1.165, 1.54) is 0 Å². The third kappa shape index (κ3) is 2.86. The molecule has 6 heteroatoms. The molecule has 0 aromatic heterocycles. The molecule has 3 N–H and O–H groups in total. The van der Waals surface area contributed by atoms with Crippen molar-refractivity contribution in [2.75, 3.05) is 38.1 Å². The smallest absolute Gasteiger partial charge is 0.208 e. The van der Waals surface area contributed by atoms with Crippen LogP contribution in [-0.4, -0.2) is 44.1 Å². The number of aliphatic imine (C=N–C) groups is 1. The van der Waals surface area contributed by atoms with Gasteiger partial charge >= 0.3 is 0 Å². The van der Waals surface area contributed by atoms with Crippen molar-refractivity contribution < 1.29 is 0 Å². The first-order valence-electron chi connectivity index (χ1n) is 5.93. The molecule has 1 aromatic carbocycles. The molecule has 1 aliphatic rings. The van der Waals surface area contributed by atoms with Crippen molar-refractivity contribution >= 4 is 23.2 Å². The Kier molecular flexibility index (Phi) is 4.28. The van der Waals surface area contributed by atoms with Gasteiger partial charge in [-0.3, -0.25) is 10.4 Å². The predicted octanol–water partition coefficient (Wildman–Crippen LogP) is 0.911. The summed E-state index contributed by atoms with van der Waals surface area (Å²) in [4.78, 5) is 8.56. The number of halogens is 1. The second kappa shape index (κ2) is 5.93. The molecule has 1 heterocycles. The molecular formula is C12H18ClN5. The fourth-order valence-electron chi connectivity index (χ4n) is 2.15. The predicted molar refractivity (Wildman–Crippen MR) is 75.9 cm³/mol. The van der Waals surface area contributed by atoms with E-state index in [2.05, 4.69) is 26.3 Å². The van der Waals surface area contributed by atoms with Gasteiger partial charge in [-0.2, -0.15) is 0 Å². The van der Waals surface area contributed by atoms with Crippen LogP contribution in [0.2, 0.25) is 5.02 Å². The van der Waals surface area contributed by atoms with E-state index in [0.717, 1.165) is 42.8 Å². The van der Waals surface area contributed by atoms with Crippen LogP contribution in [0.25, 0.3) is 0 Å². The van der Waals surface area contributed by atoms with Gasteiger partial charge in [0.2, 0.25) is 5.96 Å². The third-order valence-corrected chi connectivity index (χ3v) is 3.33. The summed E-state index contributed by atoms with van der Waals surface area (Å²) < 4.78 is 0. The number of hydrazine groups is 1. The Morgan fingerprint density at radius 3 is 2.61 bits per heavy atom. The zero-order chi connectivity index (χ0) is 13.0. The highest BCUT2D eigenvalue weighted by molar-refractivity contribution is 6.30. The third-order valence-electron chi connectivity index (χ3n) is 3.09. The van der Waals surface area contributed by atoms with E-state index in [1.54, 1.807) is 7.05 Å². The number of nitrogens with one attached hydrogen (secondary N) is 1. The fraction of sp³-hybridized carbons (Fsp3) is 0.417. The van der Waals surface area contributed by atoms with E-state index in [-0.39, 0.29) is 0 Å². The molecule has 1 aromatic rings.